The van der Waals surface area contributed by atoms with E-state index in [0.717, 1.165) is 49.2 Å². The first kappa shape index (κ1) is 22.6. The fourth-order valence-corrected chi connectivity index (χ4v) is 5.33. The molecule has 8 heteroatoms. The van der Waals surface area contributed by atoms with Gasteiger partial charge in [0.25, 0.3) is 0 Å². The summed E-state index contributed by atoms with van der Waals surface area (Å²) < 4.78 is 25.8. The number of halogens is 1. The summed E-state index contributed by atoms with van der Waals surface area (Å²) >= 11 is 6.17. The molecule has 0 radical (unpaired) electrons. The molecule has 0 aliphatic carbocycles. The Hall–Kier alpha value is -2.61. The van der Waals surface area contributed by atoms with E-state index >= 15 is 0 Å². The number of likely N-dealkylation sites (N-methyl/N-ethyl adjacent to an activating group) is 1. The minimum Gasteiger partial charge on any atom is -0.367 e. The quantitative estimate of drug-likeness (QED) is 0.587. The zero-order valence-electron chi connectivity index (χ0n) is 17.9. The number of piperazine rings is 1. The molecule has 1 fully saturated rings. The highest BCUT2D eigenvalue weighted by atomic mass is 35.5. The molecule has 0 atom stereocenters. The summed E-state index contributed by atoms with van der Waals surface area (Å²) in [6, 6.07) is 17.8. The van der Waals surface area contributed by atoms with E-state index in [1.165, 1.54) is 0 Å². The van der Waals surface area contributed by atoms with Gasteiger partial charge in [-0.15, -0.1) is 0 Å². The lowest BCUT2D eigenvalue weighted by molar-refractivity contribution is -0.113. The molecule has 0 bridgehead atoms. The number of hydrogen-bond acceptors (Lipinski definition) is 5. The zero-order valence-corrected chi connectivity index (χ0v) is 19.5. The first-order valence-electron chi connectivity index (χ1n) is 10.6. The van der Waals surface area contributed by atoms with Crippen LogP contribution in [-0.2, 0) is 14.6 Å². The first-order valence-corrected chi connectivity index (χ1v) is 12.7. The third-order valence-electron chi connectivity index (χ3n) is 5.79. The molecule has 168 valence electrons. The summed E-state index contributed by atoms with van der Waals surface area (Å²) in [5.41, 5.74) is 1.38. The fraction of sp³-hybridized carbons (Fsp3) is 0.292. The Balaban J connectivity index is 1.51. The minimum atomic E-state index is -3.79. The predicted molar refractivity (Wildman–Crippen MR) is 130 cm³/mol. The lowest BCUT2D eigenvalue weighted by Gasteiger charge is -2.36. The normalized spacial score (nSPS) is 15.1. The van der Waals surface area contributed by atoms with Crippen LogP contribution in [0.2, 0.25) is 5.02 Å². The second-order valence-electron chi connectivity index (χ2n) is 7.90. The van der Waals surface area contributed by atoms with Gasteiger partial charge in [-0.1, -0.05) is 48.9 Å². The monoisotopic (exact) mass is 471 g/mol. The Morgan fingerprint density at radius 2 is 1.69 bits per heavy atom. The van der Waals surface area contributed by atoms with Gasteiger partial charge in [-0.2, -0.15) is 0 Å². The van der Waals surface area contributed by atoms with Crippen molar-refractivity contribution < 1.29 is 13.2 Å². The van der Waals surface area contributed by atoms with Crippen molar-refractivity contribution in [2.75, 3.05) is 48.7 Å². The standard InChI is InChI=1S/C24H26ClN3O3S/c1-2-27-11-13-28(14-12-27)23-10-8-20(25)16-22(23)26-24(29)17-32(30,31)21-9-7-18-5-3-4-6-19(18)15-21/h3-10,15-16H,2,11-14,17H2,1H3,(H,26,29). The molecule has 1 heterocycles. The molecule has 0 saturated carbocycles. The van der Waals surface area contributed by atoms with Crippen LogP contribution in [0.5, 0.6) is 0 Å². The number of amides is 1. The van der Waals surface area contributed by atoms with Gasteiger partial charge >= 0.3 is 0 Å². The summed E-state index contributed by atoms with van der Waals surface area (Å²) in [7, 11) is -3.79. The van der Waals surface area contributed by atoms with Crippen molar-refractivity contribution in [2.24, 2.45) is 0 Å². The van der Waals surface area contributed by atoms with E-state index in [1.54, 1.807) is 30.3 Å². The Morgan fingerprint density at radius 3 is 2.41 bits per heavy atom. The number of carbonyl (C=O) groups excluding carboxylic acids is 1. The van der Waals surface area contributed by atoms with Crippen LogP contribution < -0.4 is 10.2 Å². The van der Waals surface area contributed by atoms with E-state index in [1.807, 2.05) is 30.3 Å². The number of nitrogens with one attached hydrogen (secondary N) is 1. The molecule has 32 heavy (non-hydrogen) atoms. The SMILES string of the molecule is CCN1CCN(c2ccc(Cl)cc2NC(=O)CS(=O)(=O)c2ccc3ccccc3c2)CC1. The molecule has 3 aromatic carbocycles. The van der Waals surface area contributed by atoms with Crippen molar-refractivity contribution in [1.82, 2.24) is 4.90 Å². The number of benzene rings is 3. The van der Waals surface area contributed by atoms with E-state index in [4.69, 9.17) is 11.6 Å². The molecule has 0 unspecified atom stereocenters. The Kier molecular flexibility index (Phi) is 6.69. The topological polar surface area (TPSA) is 69.7 Å². The third kappa shape index (κ3) is 5.06. The van der Waals surface area contributed by atoms with E-state index in [-0.39, 0.29) is 4.90 Å². The van der Waals surface area contributed by atoms with Crippen LogP contribution in [-0.4, -0.2) is 57.7 Å². The summed E-state index contributed by atoms with van der Waals surface area (Å²) in [6.45, 7) is 6.66. The lowest BCUT2D eigenvalue weighted by atomic mass is 10.1. The Labute approximate surface area is 193 Å². The molecule has 4 rings (SSSR count). The van der Waals surface area contributed by atoms with Gasteiger partial charge in [0.05, 0.1) is 16.3 Å². The molecule has 6 nitrogen and oxygen atoms in total. The summed E-state index contributed by atoms with van der Waals surface area (Å²) in [5.74, 6) is -1.23. The molecule has 1 aliphatic heterocycles. The van der Waals surface area contributed by atoms with Crippen molar-refractivity contribution in [1.29, 1.82) is 0 Å². The van der Waals surface area contributed by atoms with E-state index < -0.39 is 21.5 Å². The maximum atomic E-state index is 12.9. The van der Waals surface area contributed by atoms with E-state index in [2.05, 4.69) is 22.0 Å². The molecule has 1 saturated heterocycles. The average Bonchev–Trinajstić information content (AvgIpc) is 2.78. The van der Waals surface area contributed by atoms with Gasteiger partial charge in [0, 0.05) is 31.2 Å². The Bertz CT molecular complexity index is 1240. The van der Waals surface area contributed by atoms with Crippen molar-refractivity contribution >= 4 is 49.5 Å². The van der Waals surface area contributed by atoms with Crippen molar-refractivity contribution in [3.05, 3.63) is 65.7 Å². The first-order chi connectivity index (χ1) is 15.4. The molecule has 0 spiro atoms. The molecular formula is C24H26ClN3O3S. The third-order valence-corrected chi connectivity index (χ3v) is 7.64. The maximum Gasteiger partial charge on any atom is 0.240 e. The van der Waals surface area contributed by atoms with Gasteiger partial charge in [-0.05, 0) is 47.6 Å². The highest BCUT2D eigenvalue weighted by Crippen LogP contribution is 2.30. The number of rotatable bonds is 6. The van der Waals surface area contributed by atoms with Gasteiger partial charge in [-0.25, -0.2) is 8.42 Å². The van der Waals surface area contributed by atoms with Crippen LogP contribution in [0.4, 0.5) is 11.4 Å². The van der Waals surface area contributed by atoms with Gasteiger partial charge < -0.3 is 15.1 Å². The summed E-state index contributed by atoms with van der Waals surface area (Å²) in [5, 5.41) is 5.02. The van der Waals surface area contributed by atoms with Gasteiger partial charge in [0.15, 0.2) is 9.84 Å². The van der Waals surface area contributed by atoms with Gasteiger partial charge in [0.1, 0.15) is 5.75 Å². The Morgan fingerprint density at radius 1 is 0.969 bits per heavy atom. The number of fused-ring (bicyclic) bond motifs is 1. The van der Waals surface area contributed by atoms with E-state index in [0.29, 0.717) is 10.7 Å². The van der Waals surface area contributed by atoms with Crippen LogP contribution in [0.1, 0.15) is 6.92 Å². The van der Waals surface area contributed by atoms with Gasteiger partial charge in [-0.3, -0.25) is 4.79 Å². The van der Waals surface area contributed by atoms with Crippen LogP contribution >= 0.6 is 11.6 Å². The molecule has 3 aromatic rings. The number of sulfone groups is 1. The van der Waals surface area contributed by atoms with Crippen LogP contribution in [0.15, 0.2) is 65.6 Å². The molecule has 0 aromatic heterocycles. The van der Waals surface area contributed by atoms with Gasteiger partial charge in [0.2, 0.25) is 5.91 Å². The number of carbonyl (C=O) groups is 1. The number of hydrogen-bond donors (Lipinski definition) is 1. The smallest absolute Gasteiger partial charge is 0.240 e. The number of nitrogens with zero attached hydrogens (tertiary/aromatic N) is 2. The van der Waals surface area contributed by atoms with Crippen LogP contribution in [0.25, 0.3) is 10.8 Å². The average molecular weight is 472 g/mol. The largest absolute Gasteiger partial charge is 0.367 e. The fourth-order valence-electron chi connectivity index (χ4n) is 3.99. The highest BCUT2D eigenvalue weighted by Gasteiger charge is 2.23. The second kappa shape index (κ2) is 9.48. The minimum absolute atomic E-state index is 0.133. The molecular weight excluding hydrogens is 446 g/mol. The van der Waals surface area contributed by atoms with E-state index in [9.17, 15) is 13.2 Å². The molecule has 1 amide bonds. The highest BCUT2D eigenvalue weighted by molar-refractivity contribution is 7.92. The second-order valence-corrected chi connectivity index (χ2v) is 10.3. The summed E-state index contributed by atoms with van der Waals surface area (Å²) in [4.78, 5) is 17.4. The number of anilines is 2. The van der Waals surface area contributed by atoms with Crippen molar-refractivity contribution in [2.45, 2.75) is 11.8 Å². The predicted octanol–water partition coefficient (Wildman–Crippen LogP) is 4.05. The maximum absolute atomic E-state index is 12.9. The molecule has 1 aliphatic rings. The van der Waals surface area contributed by atoms with Crippen LogP contribution in [0.3, 0.4) is 0 Å². The lowest BCUT2D eigenvalue weighted by Crippen LogP contribution is -2.46. The van der Waals surface area contributed by atoms with Crippen LogP contribution in [0, 0.1) is 0 Å². The summed E-state index contributed by atoms with van der Waals surface area (Å²) in [6.07, 6.45) is 0. The molecule has 1 N–H and O–H groups in total. The van der Waals surface area contributed by atoms with Crippen molar-refractivity contribution in [3.63, 3.8) is 0 Å². The zero-order chi connectivity index (χ0) is 22.7. The van der Waals surface area contributed by atoms with Crippen molar-refractivity contribution in [3.8, 4) is 0 Å².